The first-order chi connectivity index (χ1) is 15.8. The van der Waals surface area contributed by atoms with Crippen LogP contribution in [0.5, 0.6) is 0 Å². The monoisotopic (exact) mass is 486 g/mol. The van der Waals surface area contributed by atoms with Crippen molar-refractivity contribution in [2.24, 2.45) is 0 Å². The fraction of sp³-hybridized carbons (Fsp3) is 0.304. The minimum atomic E-state index is -4.02. The van der Waals surface area contributed by atoms with Crippen LogP contribution in [0, 0.1) is 5.95 Å². The Balaban J connectivity index is 1.43. The van der Waals surface area contributed by atoms with Gasteiger partial charge in [-0.15, -0.1) is 11.3 Å². The van der Waals surface area contributed by atoms with Crippen molar-refractivity contribution in [1.82, 2.24) is 14.6 Å². The maximum atomic E-state index is 13.8. The number of halogens is 1. The Morgan fingerprint density at radius 1 is 1.15 bits per heavy atom. The van der Waals surface area contributed by atoms with E-state index in [4.69, 9.17) is 0 Å². The van der Waals surface area contributed by atoms with E-state index in [0.29, 0.717) is 23.4 Å². The van der Waals surface area contributed by atoms with Gasteiger partial charge in [0.25, 0.3) is 10.0 Å². The molecular weight excluding hydrogens is 463 g/mol. The zero-order valence-electron chi connectivity index (χ0n) is 18.0. The number of aryl methyl sites for hydroxylation is 1. The number of thiophene rings is 1. The first kappa shape index (κ1) is 22.0. The van der Waals surface area contributed by atoms with Crippen molar-refractivity contribution < 1.29 is 17.6 Å². The normalized spacial score (nSPS) is 15.7. The molecule has 5 rings (SSSR count). The summed E-state index contributed by atoms with van der Waals surface area (Å²) < 4.78 is 41.9. The molecule has 0 atom stereocenters. The molecule has 2 aromatic heterocycles. The van der Waals surface area contributed by atoms with Gasteiger partial charge in [-0.2, -0.15) is 4.39 Å². The third-order valence-corrected chi connectivity index (χ3v) is 9.13. The molecule has 33 heavy (non-hydrogen) atoms. The molecular formula is C23H23FN4O3S2. The Hall–Kier alpha value is -2.82. The number of anilines is 1. The fourth-order valence-electron chi connectivity index (χ4n) is 4.51. The molecule has 10 heteroatoms. The van der Waals surface area contributed by atoms with E-state index in [9.17, 15) is 17.6 Å². The number of amides is 2. The minimum Gasteiger partial charge on any atom is -0.306 e. The summed E-state index contributed by atoms with van der Waals surface area (Å²) in [6, 6.07) is 7.57. The highest BCUT2D eigenvalue weighted by molar-refractivity contribution is 7.92. The molecule has 0 fully saturated rings. The van der Waals surface area contributed by atoms with Gasteiger partial charge in [-0.05, 0) is 67.1 Å². The van der Waals surface area contributed by atoms with Crippen molar-refractivity contribution >= 4 is 33.1 Å². The molecule has 0 radical (unpaired) electrons. The van der Waals surface area contributed by atoms with E-state index in [1.54, 1.807) is 12.1 Å². The predicted molar refractivity (Wildman–Crippen MR) is 125 cm³/mol. The van der Waals surface area contributed by atoms with Crippen LogP contribution in [0.4, 0.5) is 14.9 Å². The molecule has 7 nitrogen and oxygen atoms in total. The van der Waals surface area contributed by atoms with Crippen molar-refractivity contribution in [2.45, 2.75) is 36.4 Å². The Labute approximate surface area is 195 Å². The number of nitrogens with zero attached hydrogens (tertiary/aromatic N) is 2. The number of carbonyl (C=O) groups excluding carboxylic acids is 1. The molecule has 1 aliphatic heterocycles. The van der Waals surface area contributed by atoms with Crippen LogP contribution < -0.4 is 10.0 Å². The minimum absolute atomic E-state index is 0.132. The average Bonchev–Trinajstić information content (AvgIpc) is 3.40. The molecule has 0 unspecified atom stereocenters. The first-order valence-electron chi connectivity index (χ1n) is 10.7. The van der Waals surface area contributed by atoms with Crippen molar-refractivity contribution in [3.63, 3.8) is 0 Å². The SMILES string of the molecule is CN1CCc2sc(S(=O)(=O)NC(=O)Nc3c(-c4ccnc(F)c4)ccc4c3CCC4)cc2C1. The fourth-order valence-corrected chi connectivity index (χ4v) is 6.96. The van der Waals surface area contributed by atoms with Crippen molar-refractivity contribution in [2.75, 3.05) is 18.9 Å². The molecule has 2 aliphatic rings. The van der Waals surface area contributed by atoms with Gasteiger partial charge in [0.05, 0.1) is 5.69 Å². The lowest BCUT2D eigenvalue weighted by Crippen LogP contribution is -2.34. The van der Waals surface area contributed by atoms with Crippen LogP contribution in [-0.4, -0.2) is 37.9 Å². The quantitative estimate of drug-likeness (QED) is 0.545. The number of pyridine rings is 1. The summed E-state index contributed by atoms with van der Waals surface area (Å²) in [6.07, 6.45) is 4.73. The summed E-state index contributed by atoms with van der Waals surface area (Å²) in [5.41, 5.74) is 4.73. The number of nitrogens with one attached hydrogen (secondary N) is 2. The number of rotatable bonds is 4. The topological polar surface area (TPSA) is 91.4 Å². The lowest BCUT2D eigenvalue weighted by molar-refractivity contribution is 0.256. The summed E-state index contributed by atoms with van der Waals surface area (Å²) in [4.78, 5) is 19.6. The number of aromatic nitrogens is 1. The van der Waals surface area contributed by atoms with Gasteiger partial charge in [0.15, 0.2) is 0 Å². The molecule has 3 aromatic rings. The van der Waals surface area contributed by atoms with Crippen LogP contribution in [0.25, 0.3) is 11.1 Å². The molecule has 1 aliphatic carbocycles. The van der Waals surface area contributed by atoms with Gasteiger partial charge in [0, 0.05) is 35.8 Å². The molecule has 0 saturated heterocycles. The van der Waals surface area contributed by atoms with Gasteiger partial charge >= 0.3 is 6.03 Å². The number of sulfonamides is 1. The standard InChI is InChI=1S/C23H23FN4O3S2/c1-28-10-8-19-16(13-28)12-21(32-19)33(30,31)27-23(29)26-22-17-4-2-3-14(17)5-6-18(22)15-7-9-25-20(24)11-15/h5-7,9,11-12H,2-4,8,10,13H2,1H3,(H2,26,27,29). The van der Waals surface area contributed by atoms with Crippen molar-refractivity contribution in [1.29, 1.82) is 0 Å². The smallest absolute Gasteiger partial charge is 0.306 e. The number of hydrogen-bond acceptors (Lipinski definition) is 6. The molecule has 2 amide bonds. The second kappa shape index (κ2) is 8.51. The van der Waals surface area contributed by atoms with Gasteiger partial charge in [0.1, 0.15) is 4.21 Å². The Bertz CT molecular complexity index is 1350. The summed E-state index contributed by atoms with van der Waals surface area (Å²) in [5.74, 6) is -0.627. The number of likely N-dealkylation sites (N-methyl/N-ethyl adjacent to an activating group) is 1. The number of benzene rings is 1. The highest BCUT2D eigenvalue weighted by atomic mass is 32.2. The molecule has 0 bridgehead atoms. The second-order valence-electron chi connectivity index (χ2n) is 8.41. The van der Waals surface area contributed by atoms with Gasteiger partial charge in [-0.3, -0.25) is 0 Å². The number of hydrogen-bond donors (Lipinski definition) is 2. The number of fused-ring (bicyclic) bond motifs is 2. The third-order valence-electron chi connectivity index (χ3n) is 6.09. The number of urea groups is 1. The highest BCUT2D eigenvalue weighted by Gasteiger charge is 2.26. The van der Waals surface area contributed by atoms with Crippen LogP contribution in [0.15, 0.2) is 40.7 Å². The van der Waals surface area contributed by atoms with Crippen LogP contribution >= 0.6 is 11.3 Å². The lowest BCUT2D eigenvalue weighted by atomic mass is 9.98. The van der Waals surface area contributed by atoms with Gasteiger partial charge in [0.2, 0.25) is 5.95 Å². The van der Waals surface area contributed by atoms with Crippen molar-refractivity contribution in [3.05, 3.63) is 64.0 Å². The number of carbonyl (C=O) groups is 1. The summed E-state index contributed by atoms with van der Waals surface area (Å²) >= 11 is 1.21. The van der Waals surface area contributed by atoms with Crippen LogP contribution in [0.3, 0.4) is 0 Å². The lowest BCUT2D eigenvalue weighted by Gasteiger charge is -2.21. The van der Waals surface area contributed by atoms with E-state index < -0.39 is 22.0 Å². The molecule has 3 heterocycles. The molecule has 1 aromatic carbocycles. The highest BCUT2D eigenvalue weighted by Crippen LogP contribution is 2.38. The maximum Gasteiger partial charge on any atom is 0.333 e. The molecule has 2 N–H and O–H groups in total. The van der Waals surface area contributed by atoms with Crippen LogP contribution in [0.2, 0.25) is 0 Å². The predicted octanol–water partition coefficient (Wildman–Crippen LogP) is 3.94. The Kier molecular flexibility index (Phi) is 5.67. The van der Waals surface area contributed by atoms with Gasteiger partial charge in [-0.1, -0.05) is 12.1 Å². The van der Waals surface area contributed by atoms with E-state index in [-0.39, 0.29) is 4.21 Å². The van der Waals surface area contributed by atoms with Crippen LogP contribution in [0.1, 0.15) is 28.0 Å². The van der Waals surface area contributed by atoms with Crippen LogP contribution in [-0.2, 0) is 35.8 Å². The Morgan fingerprint density at radius 3 is 2.82 bits per heavy atom. The first-order valence-corrected chi connectivity index (χ1v) is 13.0. The van der Waals surface area contributed by atoms with E-state index in [2.05, 4.69) is 19.9 Å². The van der Waals surface area contributed by atoms with E-state index >= 15 is 0 Å². The van der Waals surface area contributed by atoms with Gasteiger partial charge < -0.3 is 10.2 Å². The van der Waals surface area contributed by atoms with E-state index in [1.165, 1.54) is 23.6 Å². The average molecular weight is 487 g/mol. The maximum absolute atomic E-state index is 13.8. The zero-order valence-corrected chi connectivity index (χ0v) is 19.7. The zero-order chi connectivity index (χ0) is 23.2. The largest absolute Gasteiger partial charge is 0.333 e. The summed E-state index contributed by atoms with van der Waals surface area (Å²) in [5, 5.41) is 2.75. The second-order valence-corrected chi connectivity index (χ2v) is 11.5. The third kappa shape index (κ3) is 4.38. The molecule has 172 valence electrons. The van der Waals surface area contributed by atoms with Gasteiger partial charge in [-0.25, -0.2) is 22.9 Å². The van der Waals surface area contributed by atoms with E-state index in [1.807, 2.05) is 19.2 Å². The molecule has 0 spiro atoms. The molecule has 0 saturated carbocycles. The van der Waals surface area contributed by atoms with E-state index in [0.717, 1.165) is 53.8 Å². The Morgan fingerprint density at radius 2 is 2.00 bits per heavy atom. The van der Waals surface area contributed by atoms with Crippen molar-refractivity contribution in [3.8, 4) is 11.1 Å². The summed E-state index contributed by atoms with van der Waals surface area (Å²) in [6.45, 7) is 1.56. The summed E-state index contributed by atoms with van der Waals surface area (Å²) in [7, 11) is -2.03.